The largest absolute Gasteiger partial charge is 0.710 e. The molecule has 0 aliphatic heterocycles. The van der Waals surface area contributed by atoms with E-state index in [2.05, 4.69) is 0 Å². The summed E-state index contributed by atoms with van der Waals surface area (Å²) >= 11 is 0. The molecule has 0 bridgehead atoms. The van der Waals surface area contributed by atoms with Gasteiger partial charge in [0.2, 0.25) is 12.4 Å². The summed E-state index contributed by atoms with van der Waals surface area (Å²) in [7, 11) is 0. The Labute approximate surface area is 152 Å². The molecule has 0 aliphatic carbocycles. The molecule has 0 fully saturated rings. The minimum absolute atomic E-state index is 0.119. The Hall–Kier alpha value is -3.08. The quantitative estimate of drug-likeness (QED) is 0.537. The van der Waals surface area contributed by atoms with Crippen LogP contribution in [0.25, 0.3) is 22.5 Å². The van der Waals surface area contributed by atoms with Gasteiger partial charge in [-0.05, 0) is 6.42 Å². The van der Waals surface area contributed by atoms with Crippen LogP contribution in [0, 0.1) is 11.1 Å². The van der Waals surface area contributed by atoms with Crippen molar-refractivity contribution in [3.05, 3.63) is 72.2 Å². The van der Waals surface area contributed by atoms with Gasteiger partial charge in [-0.15, -0.1) is 0 Å². The lowest BCUT2D eigenvalue weighted by Gasteiger charge is -2.17. The normalized spacial score (nSPS) is 13.3. The van der Waals surface area contributed by atoms with E-state index >= 15 is 0 Å². The third kappa shape index (κ3) is 3.20. The van der Waals surface area contributed by atoms with Crippen LogP contribution in [0.1, 0.15) is 26.3 Å². The smallest absolute Gasteiger partial charge is 0.349 e. The molecule has 3 aromatic rings. The van der Waals surface area contributed by atoms with E-state index in [0.29, 0.717) is 17.8 Å². The van der Waals surface area contributed by atoms with Gasteiger partial charge < -0.3 is 10.3 Å². The Bertz CT molecular complexity index is 888. The molecule has 2 atom stereocenters. The predicted molar refractivity (Wildman–Crippen MR) is 100 cm³/mol. The zero-order valence-corrected chi connectivity index (χ0v) is 14.9. The van der Waals surface area contributed by atoms with E-state index in [1.165, 1.54) is 6.33 Å². The van der Waals surface area contributed by atoms with Gasteiger partial charge in [0.05, 0.1) is 0 Å². The van der Waals surface area contributed by atoms with Crippen molar-refractivity contribution in [1.29, 1.82) is 0 Å². The number of rotatable bonds is 6. The Morgan fingerprint density at radius 3 is 2.12 bits per heavy atom. The molecular formula is C21H22N2O3. The van der Waals surface area contributed by atoms with Gasteiger partial charge in [0.25, 0.3) is 0 Å². The van der Waals surface area contributed by atoms with Crippen molar-refractivity contribution in [1.82, 2.24) is 4.57 Å². The van der Waals surface area contributed by atoms with Crippen molar-refractivity contribution < 1.29 is 14.6 Å². The molecule has 1 aromatic heterocycles. The third-order valence-electron chi connectivity index (χ3n) is 4.76. The van der Waals surface area contributed by atoms with Crippen LogP contribution in [0.3, 0.4) is 0 Å². The zero-order chi connectivity index (χ0) is 18.7. The molecule has 0 radical (unpaired) electrons. The number of hydrogen-bond acceptors (Lipinski definition) is 2. The highest BCUT2D eigenvalue weighted by molar-refractivity contribution is 5.79. The number of benzene rings is 2. The van der Waals surface area contributed by atoms with Gasteiger partial charge in [0.15, 0.2) is 11.4 Å². The molecule has 3 rings (SSSR count). The van der Waals surface area contributed by atoms with Gasteiger partial charge >= 0.3 is 5.97 Å². The molecule has 0 saturated heterocycles. The summed E-state index contributed by atoms with van der Waals surface area (Å²) in [5, 5.41) is 22.6. The fourth-order valence-corrected chi connectivity index (χ4v) is 3.27. The fraction of sp³-hybridized carbons (Fsp3) is 0.238. The minimum atomic E-state index is -0.938. The zero-order valence-electron chi connectivity index (χ0n) is 14.9. The highest BCUT2D eigenvalue weighted by atomic mass is 16.5. The van der Waals surface area contributed by atoms with Crippen LogP contribution >= 0.6 is 0 Å². The second-order valence-corrected chi connectivity index (χ2v) is 6.45. The first-order chi connectivity index (χ1) is 12.5. The lowest BCUT2D eigenvalue weighted by Crippen LogP contribution is -2.29. The van der Waals surface area contributed by atoms with E-state index in [-0.39, 0.29) is 5.92 Å². The summed E-state index contributed by atoms with van der Waals surface area (Å²) in [6, 6.07) is 18.0. The SMILES string of the molecule is CC[C@H](C)[C@H](C(=O)O)n1c[n+]([O-])c(-c2ccccc2)c1-c1ccccc1. The first kappa shape index (κ1) is 17.7. The monoisotopic (exact) mass is 350 g/mol. The van der Waals surface area contributed by atoms with E-state index in [1.54, 1.807) is 4.57 Å². The van der Waals surface area contributed by atoms with Crippen LogP contribution in [-0.4, -0.2) is 15.6 Å². The van der Waals surface area contributed by atoms with Crippen LogP contribution in [0.4, 0.5) is 0 Å². The number of hydrogen-bond donors (Lipinski definition) is 1. The summed E-state index contributed by atoms with van der Waals surface area (Å²) in [5.74, 6) is -1.06. The molecule has 1 heterocycles. The van der Waals surface area contributed by atoms with Gasteiger partial charge in [0, 0.05) is 17.0 Å². The van der Waals surface area contributed by atoms with Crippen molar-refractivity contribution in [3.8, 4) is 22.5 Å². The Morgan fingerprint density at radius 1 is 1.08 bits per heavy atom. The summed E-state index contributed by atoms with van der Waals surface area (Å²) in [6.07, 6.45) is 2.05. The number of imidazole rings is 1. The maximum Gasteiger partial charge on any atom is 0.349 e. The lowest BCUT2D eigenvalue weighted by molar-refractivity contribution is -0.593. The molecule has 0 aliphatic rings. The van der Waals surface area contributed by atoms with Crippen LogP contribution in [0.5, 0.6) is 0 Å². The Kier molecular flexibility index (Phi) is 5.07. The van der Waals surface area contributed by atoms with E-state index in [0.717, 1.165) is 15.9 Å². The summed E-state index contributed by atoms with van der Waals surface area (Å²) in [5.41, 5.74) is 2.66. The van der Waals surface area contributed by atoms with Crippen LogP contribution in [0.15, 0.2) is 67.0 Å². The van der Waals surface area contributed by atoms with Gasteiger partial charge in [0.1, 0.15) is 0 Å². The van der Waals surface area contributed by atoms with E-state index in [1.807, 2.05) is 74.5 Å². The molecule has 5 nitrogen and oxygen atoms in total. The van der Waals surface area contributed by atoms with Crippen LogP contribution in [0.2, 0.25) is 0 Å². The predicted octanol–water partition coefficient (Wildman–Crippen LogP) is 4.13. The molecule has 134 valence electrons. The highest BCUT2D eigenvalue weighted by Crippen LogP contribution is 2.34. The number of nitrogens with zero attached hydrogens (tertiary/aromatic N) is 2. The number of carboxylic acid groups (broad SMARTS) is 1. The summed E-state index contributed by atoms with van der Waals surface area (Å²) in [4.78, 5) is 12.0. The topological polar surface area (TPSA) is 69.2 Å². The lowest BCUT2D eigenvalue weighted by atomic mass is 9.97. The van der Waals surface area contributed by atoms with Crippen molar-refractivity contribution >= 4 is 5.97 Å². The number of carbonyl (C=O) groups is 1. The molecule has 0 spiro atoms. The van der Waals surface area contributed by atoms with Crippen LogP contribution < -0.4 is 4.73 Å². The second-order valence-electron chi connectivity index (χ2n) is 6.45. The fourth-order valence-electron chi connectivity index (χ4n) is 3.27. The van der Waals surface area contributed by atoms with Crippen molar-refractivity contribution in [3.63, 3.8) is 0 Å². The maximum absolute atomic E-state index is 12.8. The molecule has 0 amide bonds. The standard InChI is InChI=1S/C21H22N2O3/c1-3-15(2)18(21(24)25)22-14-23(26)20(17-12-8-5-9-13-17)19(22)16-10-6-4-7-11-16/h4-15,18H,3H2,1-2H3,(H,24,25)/t15-,18+/m0/s1. The molecular weight excluding hydrogens is 328 g/mol. The van der Waals surface area contributed by atoms with Crippen molar-refractivity contribution in [2.75, 3.05) is 0 Å². The second kappa shape index (κ2) is 7.44. The third-order valence-corrected chi connectivity index (χ3v) is 4.76. The Balaban J connectivity index is 2.31. The van der Waals surface area contributed by atoms with E-state index in [4.69, 9.17) is 0 Å². The molecule has 1 N–H and O–H groups in total. The first-order valence-corrected chi connectivity index (χ1v) is 8.72. The summed E-state index contributed by atoms with van der Waals surface area (Å²) < 4.78 is 2.39. The number of aromatic nitrogens is 2. The molecule has 2 aromatic carbocycles. The number of carboxylic acids is 1. The van der Waals surface area contributed by atoms with Gasteiger partial charge in [-0.3, -0.25) is 0 Å². The molecule has 5 heteroatoms. The molecule has 0 unspecified atom stereocenters. The van der Waals surface area contributed by atoms with Gasteiger partial charge in [-0.2, -0.15) is 0 Å². The van der Waals surface area contributed by atoms with E-state index < -0.39 is 12.0 Å². The van der Waals surface area contributed by atoms with Crippen molar-refractivity contribution in [2.24, 2.45) is 5.92 Å². The number of aliphatic carboxylic acids is 1. The molecule has 26 heavy (non-hydrogen) atoms. The maximum atomic E-state index is 12.8. The van der Waals surface area contributed by atoms with Crippen molar-refractivity contribution in [2.45, 2.75) is 26.3 Å². The molecule has 0 saturated carbocycles. The average molecular weight is 350 g/mol. The van der Waals surface area contributed by atoms with Gasteiger partial charge in [-0.1, -0.05) is 74.5 Å². The summed E-state index contributed by atoms with van der Waals surface area (Å²) in [6.45, 7) is 3.85. The first-order valence-electron chi connectivity index (χ1n) is 8.72. The van der Waals surface area contributed by atoms with Crippen LogP contribution in [-0.2, 0) is 4.79 Å². The van der Waals surface area contributed by atoms with Gasteiger partial charge in [-0.25, -0.2) is 14.1 Å². The Morgan fingerprint density at radius 2 is 1.62 bits per heavy atom. The van der Waals surface area contributed by atoms with E-state index in [9.17, 15) is 15.1 Å². The average Bonchev–Trinajstić information content (AvgIpc) is 2.99. The highest BCUT2D eigenvalue weighted by Gasteiger charge is 2.35. The minimum Gasteiger partial charge on any atom is -0.710 e.